The quantitative estimate of drug-likeness (QED) is 0.787. The average Bonchev–Trinajstić information content (AvgIpc) is 2.75. The molecule has 2 aromatic rings. The predicted octanol–water partition coefficient (Wildman–Crippen LogP) is 4.31. The number of nitrogens with one attached hydrogen (secondary N) is 1. The molecule has 0 unspecified atom stereocenters. The zero-order valence-corrected chi connectivity index (χ0v) is 14.9. The lowest BCUT2D eigenvalue weighted by molar-refractivity contribution is 0.669. The van der Waals surface area contributed by atoms with E-state index in [1.807, 2.05) is 0 Å². The monoisotopic (exact) mass is 349 g/mol. The van der Waals surface area contributed by atoms with Gasteiger partial charge >= 0.3 is 0 Å². The number of hydrogen-bond acceptors (Lipinski definition) is 2. The second kappa shape index (κ2) is 7.23. The van der Waals surface area contributed by atoms with Crippen molar-refractivity contribution in [1.82, 2.24) is 15.1 Å². The lowest BCUT2D eigenvalue weighted by Crippen LogP contribution is -2.16. The van der Waals surface area contributed by atoms with Crippen LogP contribution in [0.5, 0.6) is 0 Å². The lowest BCUT2D eigenvalue weighted by Gasteiger charge is -2.13. The fourth-order valence-corrected chi connectivity index (χ4v) is 3.05. The van der Waals surface area contributed by atoms with Gasteiger partial charge in [0.1, 0.15) is 0 Å². The Bertz CT molecular complexity index is 617. The van der Waals surface area contributed by atoms with E-state index >= 15 is 0 Å². The summed E-state index contributed by atoms with van der Waals surface area (Å²) < 4.78 is 3.17. The molecule has 1 aromatic heterocycles. The summed E-state index contributed by atoms with van der Waals surface area (Å²) in [7, 11) is 0. The molecule has 0 saturated heterocycles. The van der Waals surface area contributed by atoms with Gasteiger partial charge in [0.15, 0.2) is 0 Å². The van der Waals surface area contributed by atoms with Gasteiger partial charge in [0.25, 0.3) is 0 Å². The molecule has 0 spiro atoms. The maximum atomic E-state index is 4.75. The van der Waals surface area contributed by atoms with Gasteiger partial charge in [0, 0.05) is 16.7 Å². The molecule has 0 bridgehead atoms. The summed E-state index contributed by atoms with van der Waals surface area (Å²) in [4.78, 5) is 0. The van der Waals surface area contributed by atoms with Crippen LogP contribution in [-0.2, 0) is 13.0 Å². The Morgan fingerprint density at radius 1 is 1.24 bits per heavy atom. The molecule has 0 fully saturated rings. The highest BCUT2D eigenvalue weighted by Crippen LogP contribution is 2.24. The first-order valence-electron chi connectivity index (χ1n) is 7.63. The van der Waals surface area contributed by atoms with Crippen LogP contribution < -0.4 is 5.32 Å². The summed E-state index contributed by atoms with van der Waals surface area (Å²) >= 11 is 3.58. The Morgan fingerprint density at radius 2 is 2.00 bits per heavy atom. The molecular weight excluding hydrogens is 326 g/mol. The highest BCUT2D eigenvalue weighted by molar-refractivity contribution is 9.10. The number of benzene rings is 1. The van der Waals surface area contributed by atoms with Crippen molar-refractivity contribution in [2.75, 3.05) is 6.54 Å². The van der Waals surface area contributed by atoms with Crippen LogP contribution in [0.25, 0.3) is 5.69 Å². The predicted molar refractivity (Wildman–Crippen MR) is 92.1 cm³/mol. The summed E-state index contributed by atoms with van der Waals surface area (Å²) in [6, 6.07) is 6.42. The van der Waals surface area contributed by atoms with Crippen molar-refractivity contribution in [3.05, 3.63) is 45.2 Å². The first kappa shape index (κ1) is 16.2. The van der Waals surface area contributed by atoms with Crippen LogP contribution in [0.1, 0.15) is 42.8 Å². The maximum Gasteiger partial charge on any atom is 0.0705 e. The third-order valence-electron chi connectivity index (χ3n) is 3.81. The normalized spacial score (nSPS) is 11.1. The van der Waals surface area contributed by atoms with E-state index in [0.717, 1.165) is 41.8 Å². The van der Waals surface area contributed by atoms with Gasteiger partial charge in [-0.3, -0.25) is 0 Å². The molecule has 0 radical (unpaired) electrons. The van der Waals surface area contributed by atoms with Crippen molar-refractivity contribution in [3.8, 4) is 5.69 Å². The van der Waals surface area contributed by atoms with E-state index in [0.29, 0.717) is 0 Å². The zero-order valence-electron chi connectivity index (χ0n) is 13.3. The Hall–Kier alpha value is -1.13. The van der Waals surface area contributed by atoms with Gasteiger partial charge in [-0.25, -0.2) is 4.68 Å². The number of rotatable bonds is 6. The molecule has 0 aliphatic heterocycles. The third-order valence-corrected chi connectivity index (χ3v) is 4.31. The highest BCUT2D eigenvalue weighted by Gasteiger charge is 2.14. The molecule has 114 valence electrons. The van der Waals surface area contributed by atoms with Crippen LogP contribution >= 0.6 is 15.9 Å². The second-order valence-electron chi connectivity index (χ2n) is 5.36. The largest absolute Gasteiger partial charge is 0.313 e. The highest BCUT2D eigenvalue weighted by atomic mass is 79.9. The molecule has 2 rings (SSSR count). The summed E-state index contributed by atoms with van der Waals surface area (Å²) in [6.45, 7) is 10.5. The molecule has 1 aromatic carbocycles. The Labute approximate surface area is 135 Å². The van der Waals surface area contributed by atoms with Gasteiger partial charge in [-0.1, -0.05) is 35.8 Å². The zero-order chi connectivity index (χ0) is 15.4. The van der Waals surface area contributed by atoms with E-state index in [2.05, 4.69) is 71.8 Å². The number of halogens is 1. The molecule has 1 N–H and O–H groups in total. The molecule has 1 heterocycles. The Kier molecular flexibility index (Phi) is 5.59. The van der Waals surface area contributed by atoms with Crippen LogP contribution in [0.15, 0.2) is 22.7 Å². The number of hydrogen-bond donors (Lipinski definition) is 1. The minimum absolute atomic E-state index is 0.871. The minimum atomic E-state index is 0.871. The van der Waals surface area contributed by atoms with Crippen molar-refractivity contribution in [2.45, 2.75) is 47.1 Å². The van der Waals surface area contributed by atoms with Crippen LogP contribution in [0.3, 0.4) is 0 Å². The van der Waals surface area contributed by atoms with Crippen molar-refractivity contribution in [3.63, 3.8) is 0 Å². The summed E-state index contributed by atoms with van der Waals surface area (Å²) in [5.74, 6) is 0. The van der Waals surface area contributed by atoms with Crippen molar-refractivity contribution in [2.24, 2.45) is 0 Å². The van der Waals surface area contributed by atoms with E-state index in [-0.39, 0.29) is 0 Å². The van der Waals surface area contributed by atoms with Gasteiger partial charge in [-0.05, 0) is 56.5 Å². The number of nitrogens with zero attached hydrogens (tertiary/aromatic N) is 2. The van der Waals surface area contributed by atoms with Gasteiger partial charge in [-0.15, -0.1) is 0 Å². The molecule has 4 heteroatoms. The average molecular weight is 350 g/mol. The number of aryl methyl sites for hydroxylation is 1. The van der Waals surface area contributed by atoms with E-state index in [1.165, 1.54) is 16.8 Å². The van der Waals surface area contributed by atoms with Gasteiger partial charge < -0.3 is 5.32 Å². The molecule has 0 aliphatic rings. The molecule has 3 nitrogen and oxygen atoms in total. The minimum Gasteiger partial charge on any atom is -0.313 e. The fourth-order valence-electron chi connectivity index (χ4n) is 2.70. The summed E-state index contributed by atoms with van der Waals surface area (Å²) in [6.07, 6.45) is 2.17. The SMILES string of the molecule is CCCNCc1ccc(Br)cc1-n1nc(C)c(CC)c1C. The van der Waals surface area contributed by atoms with Crippen molar-refractivity contribution < 1.29 is 0 Å². The molecule has 21 heavy (non-hydrogen) atoms. The van der Waals surface area contributed by atoms with E-state index in [1.54, 1.807) is 0 Å². The van der Waals surface area contributed by atoms with Crippen LogP contribution in [0, 0.1) is 13.8 Å². The Balaban J connectivity index is 2.44. The summed E-state index contributed by atoms with van der Waals surface area (Å²) in [5, 5.41) is 8.23. The number of aromatic nitrogens is 2. The van der Waals surface area contributed by atoms with Crippen LogP contribution in [0.2, 0.25) is 0 Å². The lowest BCUT2D eigenvalue weighted by atomic mass is 10.1. The molecule has 0 atom stereocenters. The smallest absolute Gasteiger partial charge is 0.0705 e. The first-order chi connectivity index (χ1) is 10.1. The van der Waals surface area contributed by atoms with Gasteiger partial charge in [0.2, 0.25) is 0 Å². The second-order valence-corrected chi connectivity index (χ2v) is 6.28. The third kappa shape index (κ3) is 3.55. The molecule has 0 aliphatic carbocycles. The fraction of sp³-hybridized carbons (Fsp3) is 0.471. The van der Waals surface area contributed by atoms with E-state index < -0.39 is 0 Å². The van der Waals surface area contributed by atoms with Crippen LogP contribution in [0.4, 0.5) is 0 Å². The Morgan fingerprint density at radius 3 is 2.62 bits per heavy atom. The molecule has 0 amide bonds. The van der Waals surface area contributed by atoms with Gasteiger partial charge in [-0.2, -0.15) is 5.10 Å². The molecule has 0 saturated carbocycles. The van der Waals surface area contributed by atoms with Gasteiger partial charge in [0.05, 0.1) is 11.4 Å². The van der Waals surface area contributed by atoms with Crippen LogP contribution in [-0.4, -0.2) is 16.3 Å². The molecular formula is C17H24BrN3. The van der Waals surface area contributed by atoms with E-state index in [9.17, 15) is 0 Å². The van der Waals surface area contributed by atoms with Crippen molar-refractivity contribution in [1.29, 1.82) is 0 Å². The first-order valence-corrected chi connectivity index (χ1v) is 8.42. The standard InChI is InChI=1S/C17H24BrN3/c1-5-9-19-11-14-7-8-15(18)10-17(14)21-13(4)16(6-2)12(3)20-21/h7-8,10,19H,5-6,9,11H2,1-4H3. The maximum absolute atomic E-state index is 4.75. The topological polar surface area (TPSA) is 29.9 Å². The van der Waals surface area contributed by atoms with E-state index in [4.69, 9.17) is 5.10 Å². The van der Waals surface area contributed by atoms with Crippen molar-refractivity contribution >= 4 is 15.9 Å². The summed E-state index contributed by atoms with van der Waals surface area (Å²) in [5.41, 5.74) is 6.16.